The molecule has 35 heavy (non-hydrogen) atoms. The molecule has 1 aliphatic carbocycles. The van der Waals surface area contributed by atoms with Crippen LogP contribution in [0.5, 0.6) is 0 Å². The third-order valence-corrected chi connectivity index (χ3v) is 9.47. The van der Waals surface area contributed by atoms with Gasteiger partial charge in [0, 0.05) is 35.4 Å². The number of Topliss-reactive ketones (excluding diaryl/α,β-unsaturated/α-hetero) is 2. The first kappa shape index (κ1) is 20.9. The van der Waals surface area contributed by atoms with Crippen molar-refractivity contribution in [1.29, 1.82) is 0 Å². The summed E-state index contributed by atoms with van der Waals surface area (Å²) in [5.41, 5.74) is 3.54. The van der Waals surface area contributed by atoms with E-state index in [1.54, 1.807) is 40.5 Å². The van der Waals surface area contributed by atoms with Crippen LogP contribution in [0.1, 0.15) is 30.5 Å². The second-order valence-electron chi connectivity index (χ2n) is 8.56. The lowest BCUT2D eigenvalue weighted by molar-refractivity contribution is 0.0990. The largest absolute Gasteiger partial charge is 0.300 e. The van der Waals surface area contributed by atoms with Gasteiger partial charge < -0.3 is 0 Å². The Balaban J connectivity index is 1.29. The zero-order chi connectivity index (χ0) is 23.7. The molecule has 3 heterocycles. The minimum Gasteiger partial charge on any atom is -0.300 e. The minimum atomic E-state index is -0.184. The number of carbonyl (C=O) groups is 2. The van der Waals surface area contributed by atoms with Crippen LogP contribution in [-0.4, -0.2) is 11.6 Å². The number of para-hydroxylation sites is 2. The van der Waals surface area contributed by atoms with E-state index in [0.29, 0.717) is 11.1 Å². The molecular formula is C29H17NO2S3. The lowest BCUT2D eigenvalue weighted by Gasteiger charge is -2.31. The Labute approximate surface area is 214 Å². The molecule has 1 aliphatic heterocycles. The van der Waals surface area contributed by atoms with Gasteiger partial charge in [0.05, 0.1) is 16.9 Å². The number of carbonyl (C=O) groups excluding carboxylic acids is 2. The fraction of sp³-hybridized carbons (Fsp3) is 0.0345. The number of hydrogen-bond donors (Lipinski definition) is 0. The van der Waals surface area contributed by atoms with Gasteiger partial charge in [0.1, 0.15) is 5.00 Å². The Kier molecular flexibility index (Phi) is 4.64. The molecule has 0 atom stereocenters. The van der Waals surface area contributed by atoms with Crippen LogP contribution in [0.2, 0.25) is 0 Å². The van der Waals surface area contributed by atoms with E-state index in [2.05, 4.69) is 65.6 Å². The molecule has 0 saturated heterocycles. The van der Waals surface area contributed by atoms with Crippen LogP contribution < -0.4 is 4.90 Å². The second-order valence-corrected chi connectivity index (χ2v) is 12.0. The molecule has 0 spiro atoms. The monoisotopic (exact) mass is 507 g/mol. The average Bonchev–Trinajstić information content (AvgIpc) is 3.54. The highest BCUT2D eigenvalue weighted by atomic mass is 32.2. The first-order chi connectivity index (χ1) is 17.1. The third kappa shape index (κ3) is 3.25. The number of fused-ring (bicyclic) bond motifs is 4. The van der Waals surface area contributed by atoms with Crippen LogP contribution in [0.4, 0.5) is 16.4 Å². The summed E-state index contributed by atoms with van der Waals surface area (Å²) in [6.07, 6.45) is 1.76. The van der Waals surface area contributed by atoms with Crippen LogP contribution in [0.15, 0.2) is 94.2 Å². The van der Waals surface area contributed by atoms with Crippen molar-refractivity contribution in [2.24, 2.45) is 0 Å². The van der Waals surface area contributed by atoms with Crippen molar-refractivity contribution >= 4 is 78.5 Å². The summed E-state index contributed by atoms with van der Waals surface area (Å²) in [5, 5.41) is 2.07. The van der Waals surface area contributed by atoms with E-state index in [1.807, 2.05) is 25.1 Å². The first-order valence-electron chi connectivity index (χ1n) is 11.2. The summed E-state index contributed by atoms with van der Waals surface area (Å²) in [6.45, 7) is 2.04. The molecule has 0 amide bonds. The van der Waals surface area contributed by atoms with Crippen molar-refractivity contribution in [3.63, 3.8) is 0 Å². The van der Waals surface area contributed by atoms with E-state index in [0.717, 1.165) is 31.3 Å². The third-order valence-electron chi connectivity index (χ3n) is 6.31. The maximum absolute atomic E-state index is 13.2. The highest BCUT2D eigenvalue weighted by Crippen LogP contribution is 2.52. The molecule has 0 unspecified atom stereocenters. The first-order valence-corrected chi connectivity index (χ1v) is 13.6. The molecule has 168 valence electrons. The molecule has 3 aromatic carbocycles. The van der Waals surface area contributed by atoms with Gasteiger partial charge in [0.15, 0.2) is 11.6 Å². The van der Waals surface area contributed by atoms with Gasteiger partial charge in [0.2, 0.25) is 0 Å². The smallest absolute Gasteiger partial charge is 0.197 e. The SMILES string of the molecule is Cc1cc2cc3c(cc2s1)C(=O)/C(=C/c1ccc(N2c4ccccc4Sc4ccccc42)s1)C3=O. The van der Waals surface area contributed by atoms with Crippen LogP contribution >= 0.6 is 34.4 Å². The fourth-order valence-electron chi connectivity index (χ4n) is 4.74. The van der Waals surface area contributed by atoms with Gasteiger partial charge in [0.25, 0.3) is 0 Å². The van der Waals surface area contributed by atoms with Gasteiger partial charge in [-0.3, -0.25) is 14.5 Å². The summed E-state index contributed by atoms with van der Waals surface area (Å²) < 4.78 is 1.04. The van der Waals surface area contributed by atoms with Gasteiger partial charge in [-0.2, -0.15) is 0 Å². The lowest BCUT2D eigenvalue weighted by atomic mass is 10.1. The molecule has 2 aromatic heterocycles. The highest BCUT2D eigenvalue weighted by Gasteiger charge is 2.34. The second kappa shape index (κ2) is 7.78. The summed E-state index contributed by atoms with van der Waals surface area (Å²) >= 11 is 5.00. The highest BCUT2D eigenvalue weighted by molar-refractivity contribution is 7.99. The van der Waals surface area contributed by atoms with Gasteiger partial charge in [-0.15, -0.1) is 22.7 Å². The molecule has 2 aliphatic rings. The molecule has 0 bridgehead atoms. The van der Waals surface area contributed by atoms with E-state index in [9.17, 15) is 9.59 Å². The van der Waals surface area contributed by atoms with E-state index in [1.165, 1.54) is 14.7 Å². The summed E-state index contributed by atoms with van der Waals surface area (Å²) in [4.78, 5) is 33.1. The van der Waals surface area contributed by atoms with E-state index >= 15 is 0 Å². The molecule has 0 N–H and O–H groups in total. The Bertz CT molecular complexity index is 1640. The Hall–Kier alpha value is -3.45. The van der Waals surface area contributed by atoms with Gasteiger partial charge in [-0.1, -0.05) is 36.0 Å². The normalized spacial score (nSPS) is 15.6. The lowest BCUT2D eigenvalue weighted by Crippen LogP contribution is -2.13. The molecular weight excluding hydrogens is 491 g/mol. The van der Waals surface area contributed by atoms with Crippen LogP contribution in [0.3, 0.4) is 0 Å². The number of benzene rings is 3. The summed E-state index contributed by atoms with van der Waals surface area (Å²) in [6, 6.07) is 26.6. The van der Waals surface area contributed by atoms with Crippen molar-refractivity contribution in [3.05, 3.63) is 105 Å². The maximum atomic E-state index is 13.2. The van der Waals surface area contributed by atoms with Crippen LogP contribution in [0.25, 0.3) is 16.2 Å². The number of nitrogens with zero attached hydrogens (tertiary/aromatic N) is 1. The van der Waals surface area contributed by atoms with Crippen molar-refractivity contribution in [2.75, 3.05) is 4.90 Å². The Morgan fingerprint density at radius 1 is 0.743 bits per heavy atom. The van der Waals surface area contributed by atoms with Crippen molar-refractivity contribution in [3.8, 4) is 0 Å². The number of aryl methyl sites for hydroxylation is 1. The average molecular weight is 508 g/mol. The minimum absolute atomic E-state index is 0.182. The van der Waals surface area contributed by atoms with Gasteiger partial charge in [-0.05, 0) is 73.0 Å². The van der Waals surface area contributed by atoms with Crippen LogP contribution in [0, 0.1) is 6.92 Å². The number of anilines is 3. The maximum Gasteiger partial charge on any atom is 0.197 e. The summed E-state index contributed by atoms with van der Waals surface area (Å²) in [7, 11) is 0. The predicted octanol–water partition coefficient (Wildman–Crippen LogP) is 8.67. The fourth-order valence-corrected chi connectivity index (χ4v) is 7.73. The van der Waals surface area contributed by atoms with Crippen LogP contribution in [-0.2, 0) is 0 Å². The molecule has 5 aromatic rings. The van der Waals surface area contributed by atoms with Gasteiger partial charge >= 0.3 is 0 Å². The summed E-state index contributed by atoms with van der Waals surface area (Å²) in [5.74, 6) is -0.367. The number of ketones is 2. The quantitative estimate of drug-likeness (QED) is 0.174. The van der Waals surface area contributed by atoms with Crippen molar-refractivity contribution < 1.29 is 9.59 Å². The van der Waals surface area contributed by atoms with E-state index in [4.69, 9.17) is 0 Å². The molecule has 0 radical (unpaired) electrons. The standard InChI is InChI=1S/C29H17NO2S3/c1-16-12-17-13-19-20(15-26(17)33-16)29(32)21(28(19)31)14-18-10-11-27(34-18)30-22-6-2-4-8-24(22)35-25-9-5-3-7-23(25)30/h2-15H,1H3/b21-14+. The topological polar surface area (TPSA) is 37.4 Å². The predicted molar refractivity (Wildman–Crippen MR) is 146 cm³/mol. The molecule has 0 saturated carbocycles. The zero-order valence-corrected chi connectivity index (χ0v) is 21.0. The molecule has 7 rings (SSSR count). The Morgan fingerprint density at radius 2 is 1.40 bits per heavy atom. The van der Waals surface area contributed by atoms with E-state index in [-0.39, 0.29) is 17.1 Å². The Morgan fingerprint density at radius 3 is 2.11 bits per heavy atom. The zero-order valence-electron chi connectivity index (χ0n) is 18.6. The molecule has 3 nitrogen and oxygen atoms in total. The van der Waals surface area contributed by atoms with Gasteiger partial charge in [-0.25, -0.2) is 0 Å². The number of allylic oxidation sites excluding steroid dienone is 1. The van der Waals surface area contributed by atoms with Crippen molar-refractivity contribution in [1.82, 2.24) is 0 Å². The van der Waals surface area contributed by atoms with Crippen molar-refractivity contribution in [2.45, 2.75) is 16.7 Å². The number of rotatable bonds is 2. The molecule has 0 fully saturated rings. The number of thiophene rings is 2. The number of hydrogen-bond acceptors (Lipinski definition) is 6. The molecule has 6 heteroatoms. The van der Waals surface area contributed by atoms with E-state index < -0.39 is 0 Å².